The fourth-order valence-electron chi connectivity index (χ4n) is 1.39. The molecule has 0 amide bonds. The molecule has 1 unspecified atom stereocenters. The molecule has 0 fully saturated rings. The highest BCUT2D eigenvalue weighted by molar-refractivity contribution is 5.86. The van der Waals surface area contributed by atoms with Crippen LogP contribution in [0.15, 0.2) is 16.5 Å². The van der Waals surface area contributed by atoms with E-state index in [9.17, 15) is 4.79 Å². The number of ether oxygens (including phenoxy) is 4. The first-order chi connectivity index (χ1) is 9.19. The van der Waals surface area contributed by atoms with Crippen molar-refractivity contribution in [1.29, 1.82) is 0 Å². The van der Waals surface area contributed by atoms with Gasteiger partial charge in [0, 0.05) is 7.11 Å². The molecule has 0 aliphatic rings. The van der Waals surface area contributed by atoms with Gasteiger partial charge in [0.15, 0.2) is 0 Å². The van der Waals surface area contributed by atoms with Crippen molar-refractivity contribution in [3.63, 3.8) is 0 Å². The molecule has 0 saturated carbocycles. The molecule has 0 aromatic carbocycles. The van der Waals surface area contributed by atoms with Gasteiger partial charge in [0.05, 0.1) is 33.5 Å². The molecule has 0 N–H and O–H groups in total. The third kappa shape index (κ3) is 5.42. The number of methoxy groups -OCH3 is 2. The predicted molar refractivity (Wildman–Crippen MR) is 67.1 cm³/mol. The lowest BCUT2D eigenvalue weighted by atomic mass is 10.3. The van der Waals surface area contributed by atoms with Crippen LogP contribution in [0.3, 0.4) is 0 Å². The second kappa shape index (κ2) is 8.68. The molecule has 1 aromatic rings. The van der Waals surface area contributed by atoms with Crippen LogP contribution in [0.5, 0.6) is 0 Å². The summed E-state index contributed by atoms with van der Waals surface area (Å²) < 4.78 is 25.5. The van der Waals surface area contributed by atoms with Gasteiger partial charge < -0.3 is 23.4 Å². The molecule has 0 bridgehead atoms. The summed E-state index contributed by atoms with van der Waals surface area (Å²) in [6.45, 7) is 3.88. The molecule has 0 saturated heterocycles. The molecule has 1 atom stereocenters. The predicted octanol–water partition coefficient (Wildman–Crippen LogP) is 1.81. The van der Waals surface area contributed by atoms with Crippen molar-refractivity contribution >= 4 is 5.97 Å². The van der Waals surface area contributed by atoms with Gasteiger partial charge in [-0.1, -0.05) is 0 Å². The second-order valence-corrected chi connectivity index (χ2v) is 3.81. The molecule has 1 aromatic heterocycles. The van der Waals surface area contributed by atoms with Gasteiger partial charge in [-0.25, -0.2) is 4.79 Å². The van der Waals surface area contributed by atoms with E-state index in [4.69, 9.17) is 18.6 Å². The maximum Gasteiger partial charge on any atom is 0.373 e. The smallest absolute Gasteiger partial charge is 0.373 e. The van der Waals surface area contributed by atoms with Gasteiger partial charge in [0.25, 0.3) is 0 Å². The number of rotatable bonds is 9. The van der Waals surface area contributed by atoms with Crippen molar-refractivity contribution in [3.05, 3.63) is 23.7 Å². The Morgan fingerprint density at radius 2 is 1.95 bits per heavy atom. The Kier molecular flexibility index (Phi) is 7.17. The first-order valence-electron chi connectivity index (χ1n) is 6.05. The van der Waals surface area contributed by atoms with Crippen molar-refractivity contribution < 1.29 is 28.2 Å². The summed E-state index contributed by atoms with van der Waals surface area (Å²) in [6.07, 6.45) is -0.246. The van der Waals surface area contributed by atoms with Crippen LogP contribution in [0.1, 0.15) is 29.3 Å². The Balaban J connectivity index is 2.27. The molecular weight excluding hydrogens is 252 g/mol. The topological polar surface area (TPSA) is 67.1 Å². The molecule has 108 valence electrons. The number of hydrogen-bond acceptors (Lipinski definition) is 6. The zero-order chi connectivity index (χ0) is 14.1. The Morgan fingerprint density at radius 1 is 1.21 bits per heavy atom. The number of carbonyl (C=O) groups is 1. The fraction of sp³-hybridized carbons (Fsp3) is 0.615. The maximum atomic E-state index is 11.2. The standard InChI is InChI=1S/C13H20O6/c1-10(18-9-8-17-7-6-15-2)11-4-5-12(19-11)13(14)16-3/h4-5,10H,6-9H2,1-3H3. The van der Waals surface area contributed by atoms with Crippen molar-refractivity contribution in [2.45, 2.75) is 13.0 Å². The van der Waals surface area contributed by atoms with Gasteiger partial charge in [0.1, 0.15) is 11.9 Å². The van der Waals surface area contributed by atoms with E-state index in [1.165, 1.54) is 7.11 Å². The van der Waals surface area contributed by atoms with Crippen molar-refractivity contribution in [3.8, 4) is 0 Å². The average Bonchev–Trinajstić information content (AvgIpc) is 2.91. The number of carbonyl (C=O) groups excluding carboxylic acids is 1. The van der Waals surface area contributed by atoms with Crippen molar-refractivity contribution in [1.82, 2.24) is 0 Å². The highest BCUT2D eigenvalue weighted by atomic mass is 16.6. The van der Waals surface area contributed by atoms with Crippen LogP contribution in [0.25, 0.3) is 0 Å². The largest absolute Gasteiger partial charge is 0.463 e. The average molecular weight is 272 g/mol. The molecule has 0 spiro atoms. The van der Waals surface area contributed by atoms with Crippen LogP contribution >= 0.6 is 0 Å². The molecule has 0 aliphatic carbocycles. The minimum atomic E-state index is -0.499. The summed E-state index contributed by atoms with van der Waals surface area (Å²) >= 11 is 0. The molecule has 0 radical (unpaired) electrons. The molecule has 19 heavy (non-hydrogen) atoms. The Bertz CT molecular complexity index is 373. The number of hydrogen-bond donors (Lipinski definition) is 0. The van der Waals surface area contributed by atoms with E-state index in [1.807, 2.05) is 6.92 Å². The monoisotopic (exact) mass is 272 g/mol. The van der Waals surface area contributed by atoms with Crippen LogP contribution in [0, 0.1) is 0 Å². The third-order valence-corrected chi connectivity index (χ3v) is 2.44. The summed E-state index contributed by atoms with van der Waals surface area (Å²) in [5.74, 6) is 0.253. The van der Waals surface area contributed by atoms with Crippen molar-refractivity contribution in [2.24, 2.45) is 0 Å². The summed E-state index contributed by atoms with van der Waals surface area (Å²) in [5.41, 5.74) is 0. The van der Waals surface area contributed by atoms with E-state index in [0.717, 1.165) is 0 Å². The Labute approximate surface area is 112 Å². The number of esters is 1. The summed E-state index contributed by atoms with van der Waals surface area (Å²) in [5, 5.41) is 0. The summed E-state index contributed by atoms with van der Waals surface area (Å²) in [7, 11) is 2.93. The SMILES string of the molecule is COCCOCCOC(C)c1ccc(C(=O)OC)o1. The Hall–Kier alpha value is -1.37. The van der Waals surface area contributed by atoms with E-state index < -0.39 is 5.97 Å². The van der Waals surface area contributed by atoms with Gasteiger partial charge in [-0.05, 0) is 19.1 Å². The van der Waals surface area contributed by atoms with Crippen LogP contribution in [-0.2, 0) is 18.9 Å². The third-order valence-electron chi connectivity index (χ3n) is 2.44. The molecule has 1 rings (SSSR count). The van der Waals surface area contributed by atoms with Gasteiger partial charge in [-0.3, -0.25) is 0 Å². The van der Waals surface area contributed by atoms with E-state index in [2.05, 4.69) is 4.74 Å². The summed E-state index contributed by atoms with van der Waals surface area (Å²) in [4.78, 5) is 11.2. The maximum absolute atomic E-state index is 11.2. The minimum Gasteiger partial charge on any atom is -0.463 e. The lowest BCUT2D eigenvalue weighted by molar-refractivity contribution is -0.00799. The molecular formula is C13H20O6. The highest BCUT2D eigenvalue weighted by Crippen LogP contribution is 2.19. The van der Waals surface area contributed by atoms with Gasteiger partial charge in [-0.2, -0.15) is 0 Å². The fourth-order valence-corrected chi connectivity index (χ4v) is 1.39. The van der Waals surface area contributed by atoms with Gasteiger partial charge in [0.2, 0.25) is 5.76 Å². The zero-order valence-electron chi connectivity index (χ0n) is 11.5. The van der Waals surface area contributed by atoms with Gasteiger partial charge in [-0.15, -0.1) is 0 Å². The molecule has 0 aliphatic heterocycles. The lowest BCUT2D eigenvalue weighted by Crippen LogP contribution is -2.10. The quantitative estimate of drug-likeness (QED) is 0.504. The molecule has 6 heteroatoms. The normalized spacial score (nSPS) is 12.4. The highest BCUT2D eigenvalue weighted by Gasteiger charge is 2.15. The molecule has 1 heterocycles. The van der Waals surface area contributed by atoms with E-state index in [-0.39, 0.29) is 11.9 Å². The second-order valence-electron chi connectivity index (χ2n) is 3.81. The van der Waals surface area contributed by atoms with Crippen LogP contribution in [0.4, 0.5) is 0 Å². The summed E-state index contributed by atoms with van der Waals surface area (Å²) in [6, 6.07) is 3.26. The van der Waals surface area contributed by atoms with E-state index >= 15 is 0 Å². The van der Waals surface area contributed by atoms with Crippen molar-refractivity contribution in [2.75, 3.05) is 40.6 Å². The molecule has 6 nitrogen and oxygen atoms in total. The van der Waals surface area contributed by atoms with Crippen LogP contribution < -0.4 is 0 Å². The number of furan rings is 1. The van der Waals surface area contributed by atoms with E-state index in [0.29, 0.717) is 32.2 Å². The van der Waals surface area contributed by atoms with Crippen LogP contribution in [-0.4, -0.2) is 46.6 Å². The van der Waals surface area contributed by atoms with Gasteiger partial charge >= 0.3 is 5.97 Å². The lowest BCUT2D eigenvalue weighted by Gasteiger charge is -2.10. The zero-order valence-corrected chi connectivity index (χ0v) is 11.5. The van der Waals surface area contributed by atoms with Crippen LogP contribution in [0.2, 0.25) is 0 Å². The van der Waals surface area contributed by atoms with E-state index in [1.54, 1.807) is 19.2 Å². The first-order valence-corrected chi connectivity index (χ1v) is 6.05. The Morgan fingerprint density at radius 3 is 2.63 bits per heavy atom. The minimum absolute atomic E-state index is 0.171. The first kappa shape index (κ1) is 15.7.